The number of rotatable bonds is 2. The van der Waals surface area contributed by atoms with Gasteiger partial charge >= 0.3 is 0 Å². The summed E-state index contributed by atoms with van der Waals surface area (Å²) in [4.78, 5) is 12.9. The third-order valence-corrected chi connectivity index (χ3v) is 8.63. The van der Waals surface area contributed by atoms with Crippen molar-refractivity contribution in [2.45, 2.75) is 44.1 Å². The molecule has 0 radical (unpaired) electrons. The summed E-state index contributed by atoms with van der Waals surface area (Å²) in [5, 5.41) is 3.04. The molecule has 1 aromatic carbocycles. The SMILES string of the molecule is Cc1ccc(NC(=O)c2oc3c(c2C)C2(CCC3)SCCS2)c(C)c1. The fourth-order valence-electron chi connectivity index (χ4n) is 3.95. The first-order chi connectivity index (χ1) is 12.0. The predicted molar refractivity (Wildman–Crippen MR) is 107 cm³/mol. The molecule has 1 spiro atoms. The molecule has 1 saturated heterocycles. The van der Waals surface area contributed by atoms with Crippen molar-refractivity contribution in [1.82, 2.24) is 0 Å². The number of carbonyl (C=O) groups is 1. The molecular weight excluding hydrogens is 350 g/mol. The van der Waals surface area contributed by atoms with Crippen LogP contribution in [0.4, 0.5) is 5.69 Å². The van der Waals surface area contributed by atoms with Crippen LogP contribution in [0, 0.1) is 20.8 Å². The van der Waals surface area contributed by atoms with Gasteiger partial charge in [-0.1, -0.05) is 17.7 Å². The molecule has 1 aromatic heterocycles. The Bertz CT molecular complexity index is 834. The summed E-state index contributed by atoms with van der Waals surface area (Å²) in [6.45, 7) is 6.12. The summed E-state index contributed by atoms with van der Waals surface area (Å²) in [5.41, 5.74) is 5.43. The molecule has 0 bridgehead atoms. The third-order valence-electron chi connectivity index (χ3n) is 5.10. The van der Waals surface area contributed by atoms with Crippen molar-refractivity contribution in [3.8, 4) is 0 Å². The molecule has 1 fully saturated rings. The van der Waals surface area contributed by atoms with Gasteiger partial charge in [-0.25, -0.2) is 0 Å². The smallest absolute Gasteiger partial charge is 0.291 e. The number of carbonyl (C=O) groups excluding carboxylic acids is 1. The molecule has 3 nitrogen and oxygen atoms in total. The molecule has 0 atom stereocenters. The second-order valence-electron chi connectivity index (χ2n) is 6.93. The number of fused-ring (bicyclic) bond motifs is 2. The Morgan fingerprint density at radius 1 is 1.20 bits per heavy atom. The van der Waals surface area contributed by atoms with E-state index in [0.717, 1.165) is 35.4 Å². The zero-order valence-corrected chi connectivity index (χ0v) is 16.5. The van der Waals surface area contributed by atoms with E-state index < -0.39 is 0 Å². The lowest BCUT2D eigenvalue weighted by atomic mass is 9.94. The molecule has 1 N–H and O–H groups in total. The van der Waals surface area contributed by atoms with Gasteiger partial charge in [0.25, 0.3) is 5.91 Å². The highest BCUT2D eigenvalue weighted by Gasteiger charge is 2.45. The molecule has 2 aromatic rings. The lowest BCUT2D eigenvalue weighted by Gasteiger charge is -2.31. The third kappa shape index (κ3) is 2.91. The number of hydrogen-bond donors (Lipinski definition) is 1. The van der Waals surface area contributed by atoms with E-state index in [-0.39, 0.29) is 9.99 Å². The zero-order valence-electron chi connectivity index (χ0n) is 14.9. The van der Waals surface area contributed by atoms with Gasteiger partial charge in [0.05, 0.1) is 4.08 Å². The maximum absolute atomic E-state index is 12.9. The Morgan fingerprint density at radius 3 is 2.68 bits per heavy atom. The minimum Gasteiger partial charge on any atom is -0.455 e. The largest absolute Gasteiger partial charge is 0.455 e. The first kappa shape index (κ1) is 17.1. The molecule has 5 heteroatoms. The van der Waals surface area contributed by atoms with E-state index in [0.29, 0.717) is 5.76 Å². The van der Waals surface area contributed by atoms with E-state index >= 15 is 0 Å². The number of hydrogen-bond acceptors (Lipinski definition) is 4. The highest BCUT2D eigenvalue weighted by atomic mass is 32.2. The van der Waals surface area contributed by atoms with Gasteiger partial charge in [0.15, 0.2) is 5.76 Å². The number of furan rings is 1. The number of aryl methyl sites for hydroxylation is 3. The summed E-state index contributed by atoms with van der Waals surface area (Å²) < 4.78 is 6.19. The normalized spacial score (nSPS) is 18.4. The molecule has 1 amide bonds. The number of amides is 1. The van der Waals surface area contributed by atoms with Crippen molar-refractivity contribution in [3.05, 3.63) is 52.0 Å². The maximum Gasteiger partial charge on any atom is 0.291 e. The molecule has 1 aliphatic carbocycles. The first-order valence-corrected chi connectivity index (χ1v) is 10.8. The average Bonchev–Trinajstić information content (AvgIpc) is 3.16. The van der Waals surface area contributed by atoms with Gasteiger partial charge in [0, 0.05) is 34.7 Å². The highest BCUT2D eigenvalue weighted by molar-refractivity contribution is 8.20. The number of nitrogens with one attached hydrogen (secondary N) is 1. The van der Waals surface area contributed by atoms with Crippen LogP contribution in [0.1, 0.15) is 51.4 Å². The van der Waals surface area contributed by atoms with Gasteiger partial charge < -0.3 is 9.73 Å². The number of thioether (sulfide) groups is 2. The van der Waals surface area contributed by atoms with Crippen LogP contribution in [-0.2, 0) is 10.5 Å². The molecule has 1 aliphatic heterocycles. The summed E-state index contributed by atoms with van der Waals surface area (Å²) >= 11 is 4.05. The highest BCUT2D eigenvalue weighted by Crippen LogP contribution is 2.59. The lowest BCUT2D eigenvalue weighted by Crippen LogP contribution is -2.21. The second-order valence-corrected chi connectivity index (χ2v) is 9.98. The zero-order chi connectivity index (χ0) is 17.6. The van der Waals surface area contributed by atoms with E-state index in [1.165, 1.54) is 29.1 Å². The molecule has 2 aliphatic rings. The Kier molecular flexibility index (Phi) is 4.40. The number of anilines is 1. The van der Waals surface area contributed by atoms with Gasteiger partial charge in [-0.3, -0.25) is 4.79 Å². The standard InChI is InChI=1S/C20H23NO2S2/c1-12-6-7-15(13(2)11-12)21-19(22)18-14(3)17-16(23-18)5-4-8-20(17)24-9-10-25-20/h6-7,11H,4-5,8-10H2,1-3H3,(H,21,22). The molecular formula is C20H23NO2S2. The fourth-order valence-corrected chi connectivity index (χ4v) is 7.51. The van der Waals surface area contributed by atoms with Crippen LogP contribution < -0.4 is 5.32 Å². The summed E-state index contributed by atoms with van der Waals surface area (Å²) in [5.74, 6) is 3.73. The molecule has 4 rings (SSSR count). The Morgan fingerprint density at radius 2 is 1.96 bits per heavy atom. The summed E-state index contributed by atoms with van der Waals surface area (Å²) in [6.07, 6.45) is 3.25. The van der Waals surface area contributed by atoms with Gasteiger partial charge in [0.1, 0.15) is 5.76 Å². The van der Waals surface area contributed by atoms with Crippen molar-refractivity contribution >= 4 is 35.1 Å². The fraction of sp³-hybridized carbons (Fsp3) is 0.450. The van der Waals surface area contributed by atoms with Crippen molar-refractivity contribution in [2.24, 2.45) is 0 Å². The van der Waals surface area contributed by atoms with E-state index in [9.17, 15) is 4.79 Å². The Balaban J connectivity index is 1.67. The van der Waals surface area contributed by atoms with Crippen LogP contribution in [0.2, 0.25) is 0 Å². The Hall–Kier alpha value is -1.33. The average molecular weight is 374 g/mol. The van der Waals surface area contributed by atoms with Gasteiger partial charge in [-0.05, 0) is 45.2 Å². The molecule has 25 heavy (non-hydrogen) atoms. The summed E-state index contributed by atoms with van der Waals surface area (Å²) in [6, 6.07) is 6.06. The second kappa shape index (κ2) is 6.44. The van der Waals surface area contributed by atoms with E-state index in [2.05, 4.69) is 18.3 Å². The van der Waals surface area contributed by atoms with Crippen LogP contribution in [0.3, 0.4) is 0 Å². The van der Waals surface area contributed by atoms with Gasteiger partial charge in [0.2, 0.25) is 0 Å². The predicted octanol–water partition coefficient (Wildman–Crippen LogP) is 5.43. The first-order valence-electron chi connectivity index (χ1n) is 8.79. The van der Waals surface area contributed by atoms with Crippen LogP contribution in [-0.4, -0.2) is 17.4 Å². The molecule has 0 unspecified atom stereocenters. The lowest BCUT2D eigenvalue weighted by molar-refractivity contribution is 0.0994. The van der Waals surface area contributed by atoms with Crippen molar-refractivity contribution in [1.29, 1.82) is 0 Å². The Labute approximate surface area is 157 Å². The van der Waals surface area contributed by atoms with Crippen LogP contribution in [0.25, 0.3) is 0 Å². The van der Waals surface area contributed by atoms with Gasteiger partial charge in [-0.15, -0.1) is 23.5 Å². The van der Waals surface area contributed by atoms with Crippen LogP contribution in [0.5, 0.6) is 0 Å². The van der Waals surface area contributed by atoms with E-state index in [1.54, 1.807) is 0 Å². The maximum atomic E-state index is 12.9. The minimum atomic E-state index is -0.137. The van der Waals surface area contributed by atoms with E-state index in [1.807, 2.05) is 49.5 Å². The monoisotopic (exact) mass is 373 g/mol. The van der Waals surface area contributed by atoms with Crippen molar-refractivity contribution in [2.75, 3.05) is 16.8 Å². The number of benzene rings is 1. The molecule has 0 saturated carbocycles. The molecule has 132 valence electrons. The van der Waals surface area contributed by atoms with Crippen LogP contribution in [0.15, 0.2) is 22.6 Å². The summed E-state index contributed by atoms with van der Waals surface area (Å²) in [7, 11) is 0. The molecule has 2 heterocycles. The van der Waals surface area contributed by atoms with Crippen molar-refractivity contribution in [3.63, 3.8) is 0 Å². The van der Waals surface area contributed by atoms with E-state index in [4.69, 9.17) is 4.42 Å². The topological polar surface area (TPSA) is 42.2 Å². The van der Waals surface area contributed by atoms with Crippen LogP contribution >= 0.6 is 23.5 Å². The quantitative estimate of drug-likeness (QED) is 0.762. The van der Waals surface area contributed by atoms with Gasteiger partial charge in [-0.2, -0.15) is 0 Å². The van der Waals surface area contributed by atoms with Crippen molar-refractivity contribution < 1.29 is 9.21 Å². The minimum absolute atomic E-state index is 0.111.